The highest BCUT2D eigenvalue weighted by Gasteiger charge is 2.53. The predicted molar refractivity (Wildman–Crippen MR) is 233 cm³/mol. The minimum atomic E-state index is -1.95. The summed E-state index contributed by atoms with van der Waals surface area (Å²) in [4.78, 5) is 22.2. The van der Waals surface area contributed by atoms with Crippen molar-refractivity contribution in [2.45, 2.75) is 186 Å². The summed E-state index contributed by atoms with van der Waals surface area (Å²) in [6.45, 7) is 18.5. The van der Waals surface area contributed by atoms with Crippen LogP contribution in [0.25, 0.3) is 0 Å². The molecule has 3 saturated heterocycles. The standard InChI is InChI=1S/C46H79N3O13/c1-14-34-46(10,55)39(51)28(4)36(48-57-21-20-47-25-32-18-16-15-17-19-32)26(2)23-44(8,54)41(62-43-37(50)33(49(11)12)22-27(3)58-43)29(5)38(30(6)42(53)60-34)61-35-24-45(9,56-13)40(52)31(7)59-35/h15-19,26-31,33-35,37-41,43,47,50-52,54-55H,14,20-25H2,1-13H3/t26-,27-,28+,29+,30-,31+,33?,34-,35+,37-,38+,39-,40+,41-,43+,44?,45-,46-/m1/s1. The number of ether oxygens (including phenoxy) is 6. The lowest BCUT2D eigenvalue weighted by Gasteiger charge is -2.49. The second kappa shape index (κ2) is 22.2. The van der Waals surface area contributed by atoms with E-state index in [9.17, 15) is 30.3 Å². The fourth-order valence-electron chi connectivity index (χ4n) is 9.66. The van der Waals surface area contributed by atoms with Crippen LogP contribution >= 0.6 is 0 Å². The first-order valence-electron chi connectivity index (χ1n) is 22.5. The van der Waals surface area contributed by atoms with Crippen molar-refractivity contribution in [3.8, 4) is 0 Å². The van der Waals surface area contributed by atoms with Gasteiger partial charge in [-0.3, -0.25) is 4.79 Å². The van der Waals surface area contributed by atoms with E-state index in [1.54, 1.807) is 48.5 Å². The summed E-state index contributed by atoms with van der Waals surface area (Å²) in [7, 11) is 5.24. The van der Waals surface area contributed by atoms with E-state index >= 15 is 0 Å². The van der Waals surface area contributed by atoms with Crippen LogP contribution in [-0.2, 0) is 44.6 Å². The summed E-state index contributed by atoms with van der Waals surface area (Å²) in [5.74, 6) is -4.04. The van der Waals surface area contributed by atoms with Gasteiger partial charge in [-0.05, 0) is 80.5 Å². The third kappa shape index (κ3) is 12.5. The van der Waals surface area contributed by atoms with E-state index in [4.69, 9.17) is 33.3 Å². The summed E-state index contributed by atoms with van der Waals surface area (Å²) < 4.78 is 37.9. The van der Waals surface area contributed by atoms with Gasteiger partial charge in [0.05, 0.1) is 53.4 Å². The minimum Gasteiger partial charge on any atom is -0.459 e. The van der Waals surface area contributed by atoms with Crippen LogP contribution in [0.15, 0.2) is 35.5 Å². The largest absolute Gasteiger partial charge is 0.459 e. The molecule has 0 spiro atoms. The molecule has 3 heterocycles. The van der Waals surface area contributed by atoms with Crippen molar-refractivity contribution < 1.29 is 63.6 Å². The first-order valence-corrected chi connectivity index (χ1v) is 22.5. The van der Waals surface area contributed by atoms with Crippen LogP contribution in [0.5, 0.6) is 0 Å². The summed E-state index contributed by atoms with van der Waals surface area (Å²) in [6, 6.07) is 9.62. The molecule has 0 aliphatic carbocycles. The number of likely N-dealkylation sites (N-methyl/N-ethyl adjacent to an activating group) is 1. The molecule has 0 aromatic heterocycles. The molecule has 4 rings (SSSR count). The molecule has 356 valence electrons. The first-order chi connectivity index (χ1) is 29.0. The number of methoxy groups -OCH3 is 1. The maximum Gasteiger partial charge on any atom is 0.311 e. The monoisotopic (exact) mass is 882 g/mol. The second-order valence-electron chi connectivity index (χ2n) is 19.1. The quantitative estimate of drug-likeness (QED) is 0.0954. The highest BCUT2D eigenvalue weighted by molar-refractivity contribution is 5.88. The highest BCUT2D eigenvalue weighted by atomic mass is 16.7. The van der Waals surface area contributed by atoms with Gasteiger partial charge in [0.2, 0.25) is 0 Å². The number of hydrogen-bond acceptors (Lipinski definition) is 16. The van der Waals surface area contributed by atoms with Gasteiger partial charge in [0, 0.05) is 50.4 Å². The van der Waals surface area contributed by atoms with E-state index in [2.05, 4.69) is 10.5 Å². The van der Waals surface area contributed by atoms with Crippen molar-refractivity contribution in [1.29, 1.82) is 0 Å². The number of aliphatic hydroxyl groups excluding tert-OH is 3. The molecule has 0 amide bonds. The van der Waals surface area contributed by atoms with E-state index in [1.165, 1.54) is 14.0 Å². The Morgan fingerprint density at radius 3 is 2.19 bits per heavy atom. The van der Waals surface area contributed by atoms with Crippen LogP contribution in [0, 0.1) is 23.7 Å². The molecular formula is C46H79N3O13. The van der Waals surface area contributed by atoms with Crippen LogP contribution in [0.4, 0.5) is 0 Å². The van der Waals surface area contributed by atoms with Gasteiger partial charge in [-0.1, -0.05) is 63.2 Å². The zero-order valence-electron chi connectivity index (χ0n) is 39.4. The van der Waals surface area contributed by atoms with Gasteiger partial charge in [0.25, 0.3) is 0 Å². The van der Waals surface area contributed by atoms with Gasteiger partial charge in [-0.2, -0.15) is 0 Å². The topological polar surface area (TPSA) is 210 Å². The molecule has 0 bridgehead atoms. The maximum atomic E-state index is 14.4. The number of oxime groups is 1. The van der Waals surface area contributed by atoms with Crippen LogP contribution in [0.1, 0.15) is 100 Å². The lowest BCUT2D eigenvalue weighted by Crippen LogP contribution is -2.61. The number of carbonyl (C=O) groups is 1. The molecular weight excluding hydrogens is 803 g/mol. The number of carbonyl (C=O) groups excluding carboxylic acids is 1. The van der Waals surface area contributed by atoms with E-state index in [0.29, 0.717) is 25.2 Å². The average molecular weight is 882 g/mol. The maximum absolute atomic E-state index is 14.4. The molecule has 16 heteroatoms. The average Bonchev–Trinajstić information content (AvgIpc) is 3.22. The summed E-state index contributed by atoms with van der Waals surface area (Å²) in [6.07, 6.45) is -9.34. The molecule has 62 heavy (non-hydrogen) atoms. The minimum absolute atomic E-state index is 0.00120. The Morgan fingerprint density at radius 2 is 1.58 bits per heavy atom. The van der Waals surface area contributed by atoms with Gasteiger partial charge in [0.1, 0.15) is 30.5 Å². The summed E-state index contributed by atoms with van der Waals surface area (Å²) >= 11 is 0. The first kappa shape index (κ1) is 52.3. The van der Waals surface area contributed by atoms with Gasteiger partial charge in [0.15, 0.2) is 12.6 Å². The van der Waals surface area contributed by atoms with Gasteiger partial charge in [-0.25, -0.2) is 0 Å². The van der Waals surface area contributed by atoms with Crippen LogP contribution in [0.2, 0.25) is 0 Å². The van der Waals surface area contributed by atoms with Crippen LogP contribution < -0.4 is 5.32 Å². The number of cyclic esters (lactones) is 1. The van der Waals surface area contributed by atoms with Crippen molar-refractivity contribution in [2.75, 3.05) is 34.4 Å². The summed E-state index contributed by atoms with van der Waals surface area (Å²) in [5, 5.41) is 67.5. The Kier molecular flexibility index (Phi) is 18.8. The Bertz CT molecular complexity index is 1570. The van der Waals surface area contributed by atoms with Crippen LogP contribution in [0.3, 0.4) is 0 Å². The van der Waals surface area contributed by atoms with E-state index in [0.717, 1.165) is 5.56 Å². The molecule has 1 aromatic rings. The van der Waals surface area contributed by atoms with Crippen molar-refractivity contribution in [2.24, 2.45) is 28.8 Å². The Morgan fingerprint density at radius 1 is 0.919 bits per heavy atom. The molecule has 1 aromatic carbocycles. The van der Waals surface area contributed by atoms with E-state index in [1.807, 2.05) is 63.2 Å². The van der Waals surface area contributed by atoms with Crippen molar-refractivity contribution in [1.82, 2.24) is 10.2 Å². The highest BCUT2D eigenvalue weighted by Crippen LogP contribution is 2.41. The second-order valence-corrected chi connectivity index (χ2v) is 19.1. The smallest absolute Gasteiger partial charge is 0.311 e. The number of benzene rings is 1. The zero-order valence-corrected chi connectivity index (χ0v) is 39.4. The third-order valence-electron chi connectivity index (χ3n) is 13.6. The fraction of sp³-hybridized carbons (Fsp3) is 0.826. The van der Waals surface area contributed by atoms with Crippen molar-refractivity contribution >= 4 is 11.7 Å². The predicted octanol–water partition coefficient (Wildman–Crippen LogP) is 3.38. The Hall–Kier alpha value is -2.32. The van der Waals surface area contributed by atoms with Crippen LogP contribution in [-0.4, -0.2) is 161 Å². The van der Waals surface area contributed by atoms with E-state index in [-0.39, 0.29) is 38.0 Å². The van der Waals surface area contributed by atoms with Gasteiger partial charge >= 0.3 is 5.97 Å². The van der Waals surface area contributed by atoms with E-state index < -0.39 is 102 Å². The number of aliphatic hydroxyl groups is 5. The number of esters is 1. The number of nitrogens with one attached hydrogen (secondary N) is 1. The number of rotatable bonds is 13. The van der Waals surface area contributed by atoms with Crippen molar-refractivity contribution in [3.05, 3.63) is 35.9 Å². The van der Waals surface area contributed by atoms with Gasteiger partial charge < -0.3 is 69.0 Å². The fourth-order valence-corrected chi connectivity index (χ4v) is 9.66. The number of hydrogen-bond donors (Lipinski definition) is 6. The molecule has 0 saturated carbocycles. The third-order valence-corrected chi connectivity index (χ3v) is 13.6. The number of nitrogens with zero attached hydrogens (tertiary/aromatic N) is 2. The normalized spacial score (nSPS) is 43.6. The molecule has 3 aliphatic heterocycles. The Labute approximate surface area is 369 Å². The lowest BCUT2D eigenvalue weighted by molar-refractivity contribution is -0.317. The molecule has 0 radical (unpaired) electrons. The molecule has 6 N–H and O–H groups in total. The van der Waals surface area contributed by atoms with Gasteiger partial charge in [-0.15, -0.1) is 0 Å². The molecule has 3 aliphatic rings. The summed E-state index contributed by atoms with van der Waals surface area (Å²) in [5.41, 5.74) is -3.28. The SMILES string of the molecule is CC[C@H]1OC(=O)[C@H](C)[C@@H](O[C@H]2C[C@@](C)(OC)[C@@H](O)[C@H](C)O2)[C@H](C)[C@@H](O[C@@H]2O[C@H](C)CC(N(C)C)[C@H]2O)C(C)(O)C[C@@H](C)C(=NOCCNCc2ccccc2)[C@H](C)[C@@H](O)[C@]1(C)O. The lowest BCUT2D eigenvalue weighted by atomic mass is 9.73. The zero-order chi connectivity index (χ0) is 46.3. The molecule has 3 fully saturated rings. The van der Waals surface area contributed by atoms with Crippen molar-refractivity contribution in [3.63, 3.8) is 0 Å². The molecule has 18 atom stereocenters. The Balaban J connectivity index is 1.80. The molecule has 16 nitrogen and oxygen atoms in total. The molecule has 2 unspecified atom stereocenters.